The van der Waals surface area contributed by atoms with Crippen LogP contribution in [-0.4, -0.2) is 46.4 Å². The van der Waals surface area contributed by atoms with Crippen molar-refractivity contribution in [3.63, 3.8) is 0 Å². The normalized spacial score (nSPS) is 22.7. The Balaban J connectivity index is 1.33. The minimum absolute atomic E-state index is 0.0207. The third kappa shape index (κ3) is 5.32. The van der Waals surface area contributed by atoms with Crippen LogP contribution in [0, 0.1) is 6.92 Å². The number of rotatable bonds is 8. The topological polar surface area (TPSA) is 74.6 Å². The summed E-state index contributed by atoms with van der Waals surface area (Å²) in [4.78, 5) is 15.9. The van der Waals surface area contributed by atoms with Gasteiger partial charge < -0.3 is 19.5 Å². The molecule has 0 radical (unpaired) electrons. The first-order chi connectivity index (χ1) is 14.9. The van der Waals surface area contributed by atoms with Crippen LogP contribution >= 0.6 is 0 Å². The first-order valence-electron chi connectivity index (χ1n) is 11.6. The lowest BCUT2D eigenvalue weighted by atomic mass is 9.95. The lowest BCUT2D eigenvalue weighted by Crippen LogP contribution is -2.37. The molecule has 7 nitrogen and oxygen atoms in total. The van der Waals surface area contributed by atoms with Gasteiger partial charge in [-0.2, -0.15) is 4.98 Å². The molecule has 1 aromatic carbocycles. The van der Waals surface area contributed by atoms with Crippen LogP contribution in [0.1, 0.15) is 64.4 Å². The smallest absolute Gasteiger partial charge is 0.297 e. The fraction of sp³-hybridized carbons (Fsp3) is 0.667. The van der Waals surface area contributed by atoms with E-state index in [0.29, 0.717) is 18.7 Å². The van der Waals surface area contributed by atoms with Crippen molar-refractivity contribution in [1.82, 2.24) is 14.9 Å². The molecular formula is C24H35N3O4. The van der Waals surface area contributed by atoms with Crippen molar-refractivity contribution >= 4 is 16.9 Å². The molecule has 1 atom stereocenters. The summed E-state index contributed by atoms with van der Waals surface area (Å²) >= 11 is 0. The molecule has 0 aliphatic heterocycles. The van der Waals surface area contributed by atoms with Gasteiger partial charge in [-0.25, -0.2) is 0 Å². The average Bonchev–Trinajstić information content (AvgIpc) is 3.00. The zero-order valence-corrected chi connectivity index (χ0v) is 19.1. The van der Waals surface area contributed by atoms with Gasteiger partial charge in [0.05, 0.1) is 29.8 Å². The molecule has 4 rings (SSSR count). The van der Waals surface area contributed by atoms with Gasteiger partial charge >= 0.3 is 0 Å². The van der Waals surface area contributed by atoms with E-state index in [1.54, 1.807) is 0 Å². The Hall–Kier alpha value is -2.28. The Kier molecular flexibility index (Phi) is 6.70. The maximum absolute atomic E-state index is 11.1. The molecule has 0 saturated heterocycles. The van der Waals surface area contributed by atoms with Crippen LogP contribution in [0.3, 0.4) is 0 Å². The van der Waals surface area contributed by atoms with E-state index < -0.39 is 0 Å². The van der Waals surface area contributed by atoms with E-state index in [9.17, 15) is 4.79 Å². The highest BCUT2D eigenvalue weighted by atomic mass is 16.5. The van der Waals surface area contributed by atoms with E-state index in [1.165, 1.54) is 13.3 Å². The van der Waals surface area contributed by atoms with Gasteiger partial charge in [0, 0.05) is 26.1 Å². The summed E-state index contributed by atoms with van der Waals surface area (Å²) in [6, 6.07) is 4.87. The van der Waals surface area contributed by atoms with Crippen LogP contribution < -0.4 is 14.8 Å². The van der Waals surface area contributed by atoms with Gasteiger partial charge in [0.1, 0.15) is 11.9 Å². The predicted molar refractivity (Wildman–Crippen MR) is 120 cm³/mol. The maximum Gasteiger partial charge on any atom is 0.297 e. The van der Waals surface area contributed by atoms with Crippen LogP contribution in [-0.2, 0) is 16.6 Å². The summed E-state index contributed by atoms with van der Waals surface area (Å²) in [7, 11) is 2.01. The quantitative estimate of drug-likeness (QED) is 0.685. The maximum atomic E-state index is 11.1. The van der Waals surface area contributed by atoms with E-state index in [2.05, 4.69) is 24.4 Å². The molecule has 2 aromatic rings. The minimum atomic E-state index is -0.0207. The molecule has 7 heteroatoms. The van der Waals surface area contributed by atoms with E-state index in [0.717, 1.165) is 60.9 Å². The second-order valence-corrected chi connectivity index (χ2v) is 9.18. The number of carbonyl (C=O) groups is 1. The second kappa shape index (κ2) is 9.47. The van der Waals surface area contributed by atoms with Crippen LogP contribution in [0.4, 0.5) is 0 Å². The average molecular weight is 430 g/mol. The number of aromatic nitrogens is 2. The number of nitrogens with zero attached hydrogens (tertiary/aromatic N) is 2. The van der Waals surface area contributed by atoms with Gasteiger partial charge in [0.2, 0.25) is 5.91 Å². The van der Waals surface area contributed by atoms with Crippen LogP contribution in [0.25, 0.3) is 11.0 Å². The molecule has 1 amide bonds. The highest BCUT2D eigenvalue weighted by Gasteiger charge is 2.26. The summed E-state index contributed by atoms with van der Waals surface area (Å²) in [5.74, 6) is 0.906. The monoisotopic (exact) mass is 429 g/mol. The summed E-state index contributed by atoms with van der Waals surface area (Å²) in [6.07, 6.45) is 8.09. The Morgan fingerprint density at radius 2 is 1.81 bits per heavy atom. The van der Waals surface area contributed by atoms with Gasteiger partial charge in [0.15, 0.2) is 0 Å². The predicted octanol–water partition coefficient (Wildman–Crippen LogP) is 4.04. The van der Waals surface area contributed by atoms with E-state index in [4.69, 9.17) is 19.2 Å². The zero-order chi connectivity index (χ0) is 22.0. The van der Waals surface area contributed by atoms with Crippen molar-refractivity contribution in [3.8, 4) is 11.8 Å². The fourth-order valence-corrected chi connectivity index (χ4v) is 4.39. The van der Waals surface area contributed by atoms with Crippen molar-refractivity contribution in [2.75, 3.05) is 6.61 Å². The summed E-state index contributed by atoms with van der Waals surface area (Å²) in [6.45, 7) is 6.12. The van der Waals surface area contributed by atoms with E-state index >= 15 is 0 Å². The molecule has 1 N–H and O–H groups in total. The Bertz CT molecular complexity index is 913. The molecule has 2 aliphatic rings. The molecule has 1 aromatic heterocycles. The van der Waals surface area contributed by atoms with Crippen molar-refractivity contribution in [3.05, 3.63) is 17.7 Å². The Morgan fingerprint density at radius 3 is 2.45 bits per heavy atom. The van der Waals surface area contributed by atoms with Gasteiger partial charge in [-0.05, 0) is 70.4 Å². The van der Waals surface area contributed by atoms with E-state index in [-0.39, 0.29) is 24.2 Å². The minimum Gasteiger partial charge on any atom is -0.490 e. The number of aryl methyl sites for hydroxylation is 2. The number of carbonyl (C=O) groups excluding carboxylic acids is 1. The van der Waals surface area contributed by atoms with Crippen molar-refractivity contribution < 1.29 is 19.0 Å². The summed E-state index contributed by atoms with van der Waals surface area (Å²) < 4.78 is 20.4. The molecule has 0 bridgehead atoms. The number of hydrogen-bond donors (Lipinski definition) is 1. The lowest BCUT2D eigenvalue weighted by molar-refractivity contribution is -0.120. The van der Waals surface area contributed by atoms with Gasteiger partial charge in [0.25, 0.3) is 6.01 Å². The highest BCUT2D eigenvalue weighted by Crippen LogP contribution is 2.32. The molecular weight excluding hydrogens is 394 g/mol. The van der Waals surface area contributed by atoms with Crippen LogP contribution in [0.2, 0.25) is 0 Å². The zero-order valence-electron chi connectivity index (χ0n) is 19.1. The van der Waals surface area contributed by atoms with Gasteiger partial charge in [-0.1, -0.05) is 0 Å². The molecule has 2 fully saturated rings. The molecule has 2 saturated carbocycles. The molecule has 0 spiro atoms. The molecule has 31 heavy (non-hydrogen) atoms. The van der Waals surface area contributed by atoms with Gasteiger partial charge in [-0.3, -0.25) is 9.36 Å². The number of benzene rings is 1. The number of ether oxygens (including phenoxy) is 3. The van der Waals surface area contributed by atoms with Crippen molar-refractivity contribution in [2.24, 2.45) is 7.05 Å². The third-order valence-corrected chi connectivity index (χ3v) is 6.39. The lowest BCUT2D eigenvalue weighted by Gasteiger charge is -2.29. The number of nitrogens with one attached hydrogen (secondary N) is 1. The summed E-state index contributed by atoms with van der Waals surface area (Å²) in [5, 5.41) is 2.86. The van der Waals surface area contributed by atoms with E-state index in [1.807, 2.05) is 18.5 Å². The number of hydrogen-bond acceptors (Lipinski definition) is 5. The highest BCUT2D eigenvalue weighted by molar-refractivity contribution is 5.82. The SMILES string of the molecule is CC(=O)N[C@@H](C)CO[C@H]1CC[C@H](Oc2nc3c(C)cc(OC4CCC4)cc3n2C)CC1. The number of amides is 1. The Labute approximate surface area is 184 Å². The van der Waals surface area contributed by atoms with Crippen LogP contribution in [0.5, 0.6) is 11.8 Å². The second-order valence-electron chi connectivity index (χ2n) is 9.18. The summed E-state index contributed by atoms with van der Waals surface area (Å²) in [5.41, 5.74) is 3.14. The first-order valence-corrected chi connectivity index (χ1v) is 11.6. The fourth-order valence-electron chi connectivity index (χ4n) is 4.39. The van der Waals surface area contributed by atoms with Gasteiger partial charge in [-0.15, -0.1) is 0 Å². The van der Waals surface area contributed by atoms with Crippen LogP contribution in [0.15, 0.2) is 12.1 Å². The molecule has 1 heterocycles. The number of fused-ring (bicyclic) bond motifs is 1. The molecule has 170 valence electrons. The number of imidazole rings is 1. The molecule has 2 aliphatic carbocycles. The molecule has 0 unspecified atom stereocenters. The standard InChI is InChI=1S/C24H35N3O4/c1-15-12-21(30-19-6-5-7-19)13-22-23(15)26-24(27(22)4)31-20-10-8-18(9-11-20)29-14-16(2)25-17(3)28/h12-13,16,18-20H,5-11,14H2,1-4H3,(H,25,28)/t16-,18-,20-/m0/s1. The third-order valence-electron chi connectivity index (χ3n) is 6.39. The largest absolute Gasteiger partial charge is 0.490 e. The first kappa shape index (κ1) is 21.9. The Morgan fingerprint density at radius 1 is 1.13 bits per heavy atom. The van der Waals surface area contributed by atoms with Crippen molar-refractivity contribution in [2.45, 2.75) is 90.1 Å². The van der Waals surface area contributed by atoms with Crippen molar-refractivity contribution in [1.29, 1.82) is 0 Å².